The molecular weight excluding hydrogens is 404 g/mol. The highest BCUT2D eigenvalue weighted by molar-refractivity contribution is 5.95. The normalized spacial score (nSPS) is 11.0. The van der Waals surface area contributed by atoms with Crippen LogP contribution < -0.4 is 0 Å². The Balaban J connectivity index is 1.48. The lowest BCUT2D eigenvalue weighted by Gasteiger charge is -2.09. The van der Waals surface area contributed by atoms with Gasteiger partial charge >= 0.3 is 0 Å². The minimum absolute atomic E-state index is 0.0248. The smallest absolute Gasteiger partial charge is 0.276 e. The van der Waals surface area contributed by atoms with E-state index < -0.39 is 4.92 Å². The molecule has 0 fully saturated rings. The number of allylic oxidation sites excluding steroid dienone is 1. The first-order valence-electron chi connectivity index (χ1n) is 10.1. The second-order valence-corrected chi connectivity index (χ2v) is 7.36. The van der Waals surface area contributed by atoms with Gasteiger partial charge in [-0.15, -0.1) is 0 Å². The van der Waals surface area contributed by atoms with Gasteiger partial charge in [0.15, 0.2) is 5.78 Å². The number of nitrogens with zero attached hydrogens (tertiary/aromatic N) is 2. The van der Waals surface area contributed by atoms with Crippen molar-refractivity contribution in [2.75, 3.05) is 0 Å². The highest BCUT2D eigenvalue weighted by atomic mass is 16.6. The minimum Gasteiger partial charge on any atom is -0.445 e. The molecule has 6 heteroatoms. The van der Waals surface area contributed by atoms with Crippen LogP contribution in [0.4, 0.5) is 5.69 Å². The molecule has 0 saturated carbocycles. The molecule has 1 aromatic heterocycles. The van der Waals surface area contributed by atoms with E-state index in [4.69, 9.17) is 4.42 Å². The van der Waals surface area contributed by atoms with Gasteiger partial charge < -0.3 is 4.42 Å². The SMILES string of the molecule is Cc1ccc(-c2ncco2)cc1-c1ccc(CC(=O)/C=C/c2ccccc2[N+](=O)[O-])cc1. The number of oxazole rings is 1. The summed E-state index contributed by atoms with van der Waals surface area (Å²) < 4.78 is 5.40. The van der Waals surface area contributed by atoms with E-state index in [-0.39, 0.29) is 17.9 Å². The van der Waals surface area contributed by atoms with Crippen LogP contribution in [-0.4, -0.2) is 15.7 Å². The van der Waals surface area contributed by atoms with E-state index in [2.05, 4.69) is 4.98 Å². The van der Waals surface area contributed by atoms with Crippen LogP contribution >= 0.6 is 0 Å². The summed E-state index contributed by atoms with van der Waals surface area (Å²) in [5, 5.41) is 11.1. The second kappa shape index (κ2) is 9.22. The summed E-state index contributed by atoms with van der Waals surface area (Å²) in [7, 11) is 0. The van der Waals surface area contributed by atoms with Crippen molar-refractivity contribution in [2.24, 2.45) is 0 Å². The summed E-state index contributed by atoms with van der Waals surface area (Å²) >= 11 is 0. The zero-order chi connectivity index (χ0) is 22.5. The first kappa shape index (κ1) is 20.9. The monoisotopic (exact) mass is 424 g/mol. The molecule has 0 aliphatic carbocycles. The fourth-order valence-electron chi connectivity index (χ4n) is 3.47. The molecule has 4 aromatic rings. The molecule has 4 rings (SSSR count). The third kappa shape index (κ3) is 4.70. The van der Waals surface area contributed by atoms with Gasteiger partial charge in [-0.05, 0) is 59.5 Å². The van der Waals surface area contributed by atoms with Crippen LogP contribution in [0.5, 0.6) is 0 Å². The highest BCUT2D eigenvalue weighted by Crippen LogP contribution is 2.29. The number of ketones is 1. The summed E-state index contributed by atoms with van der Waals surface area (Å²) in [4.78, 5) is 27.2. The third-order valence-electron chi connectivity index (χ3n) is 5.14. The Labute approximate surface area is 185 Å². The molecule has 0 atom stereocenters. The van der Waals surface area contributed by atoms with Crippen LogP contribution in [0.15, 0.2) is 89.7 Å². The van der Waals surface area contributed by atoms with Crippen molar-refractivity contribution < 1.29 is 14.1 Å². The van der Waals surface area contributed by atoms with Crippen LogP contribution in [-0.2, 0) is 11.2 Å². The number of carbonyl (C=O) groups excluding carboxylic acids is 1. The number of hydrogen-bond donors (Lipinski definition) is 0. The number of aromatic nitrogens is 1. The van der Waals surface area contributed by atoms with E-state index in [1.165, 1.54) is 18.2 Å². The fourth-order valence-corrected chi connectivity index (χ4v) is 3.47. The van der Waals surface area contributed by atoms with Crippen molar-refractivity contribution in [3.05, 3.63) is 112 Å². The number of aryl methyl sites for hydroxylation is 1. The van der Waals surface area contributed by atoms with Gasteiger partial charge in [-0.3, -0.25) is 14.9 Å². The molecule has 0 saturated heterocycles. The Kier molecular flexibility index (Phi) is 6.03. The molecule has 0 aliphatic rings. The number of para-hydroxylation sites is 1. The number of rotatable bonds is 7. The molecule has 0 radical (unpaired) electrons. The maximum atomic E-state index is 12.4. The molecule has 3 aromatic carbocycles. The summed E-state index contributed by atoms with van der Waals surface area (Å²) in [5.41, 5.74) is 5.36. The van der Waals surface area contributed by atoms with E-state index in [9.17, 15) is 14.9 Å². The molecule has 0 unspecified atom stereocenters. The molecule has 0 spiro atoms. The van der Waals surface area contributed by atoms with Crippen LogP contribution in [0.3, 0.4) is 0 Å². The zero-order valence-electron chi connectivity index (χ0n) is 17.4. The van der Waals surface area contributed by atoms with E-state index >= 15 is 0 Å². The van der Waals surface area contributed by atoms with Crippen molar-refractivity contribution in [2.45, 2.75) is 13.3 Å². The lowest BCUT2D eigenvalue weighted by Crippen LogP contribution is -1.99. The summed E-state index contributed by atoms with van der Waals surface area (Å²) in [5.74, 6) is 0.442. The number of nitro benzene ring substituents is 1. The molecule has 0 aliphatic heterocycles. The zero-order valence-corrected chi connectivity index (χ0v) is 17.4. The van der Waals surface area contributed by atoms with Crippen molar-refractivity contribution in [1.29, 1.82) is 0 Å². The lowest BCUT2D eigenvalue weighted by atomic mass is 9.96. The Hall–Kier alpha value is -4.32. The van der Waals surface area contributed by atoms with E-state index in [0.29, 0.717) is 11.5 Å². The van der Waals surface area contributed by atoms with Gasteiger partial charge in [0.1, 0.15) is 6.26 Å². The standard InChI is InChI=1S/C26H20N2O4/c1-18-6-9-22(26-27-14-15-32-26)17-24(18)20-10-7-19(8-11-20)16-23(29)13-12-21-4-2-3-5-25(21)28(30)31/h2-15,17H,16H2,1H3/b13-12+. The quantitative estimate of drug-likeness (QED) is 0.205. The second-order valence-electron chi connectivity index (χ2n) is 7.36. The molecule has 1 heterocycles. The molecule has 0 N–H and O–H groups in total. The minimum atomic E-state index is -0.457. The first-order valence-corrected chi connectivity index (χ1v) is 10.1. The highest BCUT2D eigenvalue weighted by Gasteiger charge is 2.11. The lowest BCUT2D eigenvalue weighted by molar-refractivity contribution is -0.385. The molecular formula is C26H20N2O4. The van der Waals surface area contributed by atoms with Crippen LogP contribution in [0.25, 0.3) is 28.7 Å². The predicted molar refractivity (Wildman–Crippen MR) is 123 cm³/mol. The molecule has 6 nitrogen and oxygen atoms in total. The molecule has 0 amide bonds. The number of nitro groups is 1. The number of carbonyl (C=O) groups is 1. The van der Waals surface area contributed by atoms with Crippen molar-refractivity contribution in [3.63, 3.8) is 0 Å². The molecule has 0 bridgehead atoms. The van der Waals surface area contributed by atoms with Gasteiger partial charge in [-0.1, -0.05) is 42.5 Å². The van der Waals surface area contributed by atoms with Crippen LogP contribution in [0.1, 0.15) is 16.7 Å². The first-order chi connectivity index (χ1) is 15.5. The van der Waals surface area contributed by atoms with Gasteiger partial charge in [-0.2, -0.15) is 0 Å². The number of benzene rings is 3. The van der Waals surface area contributed by atoms with Crippen LogP contribution in [0.2, 0.25) is 0 Å². The van der Waals surface area contributed by atoms with Crippen molar-refractivity contribution in [1.82, 2.24) is 4.98 Å². The average molecular weight is 424 g/mol. The summed E-state index contributed by atoms with van der Waals surface area (Å²) in [6.07, 6.45) is 6.26. The fraction of sp³-hybridized carbons (Fsp3) is 0.0769. The predicted octanol–water partition coefficient (Wildman–Crippen LogP) is 6.05. The van der Waals surface area contributed by atoms with Gasteiger partial charge in [0.25, 0.3) is 5.69 Å². The van der Waals surface area contributed by atoms with Crippen molar-refractivity contribution >= 4 is 17.5 Å². The van der Waals surface area contributed by atoms with Gasteiger partial charge in [0.2, 0.25) is 5.89 Å². The number of hydrogen-bond acceptors (Lipinski definition) is 5. The van der Waals surface area contributed by atoms with E-state index in [1.807, 2.05) is 49.4 Å². The molecule has 32 heavy (non-hydrogen) atoms. The Morgan fingerprint density at radius 1 is 1.06 bits per heavy atom. The maximum Gasteiger partial charge on any atom is 0.276 e. The van der Waals surface area contributed by atoms with E-state index in [1.54, 1.807) is 30.7 Å². The third-order valence-corrected chi connectivity index (χ3v) is 5.14. The summed E-state index contributed by atoms with van der Waals surface area (Å²) in [6.45, 7) is 2.04. The van der Waals surface area contributed by atoms with Gasteiger partial charge in [0.05, 0.1) is 16.7 Å². The largest absolute Gasteiger partial charge is 0.445 e. The Morgan fingerprint density at radius 3 is 2.53 bits per heavy atom. The maximum absolute atomic E-state index is 12.4. The van der Waals surface area contributed by atoms with Crippen LogP contribution in [0, 0.1) is 17.0 Å². The Bertz CT molecular complexity index is 1290. The van der Waals surface area contributed by atoms with E-state index in [0.717, 1.165) is 27.8 Å². The molecule has 158 valence electrons. The summed E-state index contributed by atoms with van der Waals surface area (Å²) in [6, 6.07) is 20.2. The Morgan fingerprint density at radius 2 is 1.81 bits per heavy atom. The van der Waals surface area contributed by atoms with Crippen molar-refractivity contribution in [3.8, 4) is 22.6 Å². The van der Waals surface area contributed by atoms with Gasteiger partial charge in [0, 0.05) is 18.1 Å². The average Bonchev–Trinajstić information content (AvgIpc) is 3.34. The topological polar surface area (TPSA) is 86.2 Å². The van der Waals surface area contributed by atoms with Gasteiger partial charge in [-0.25, -0.2) is 4.98 Å².